The number of hydrogen-bond donors (Lipinski definition) is 1. The zero-order valence-electron chi connectivity index (χ0n) is 20.3. The van der Waals surface area contributed by atoms with Gasteiger partial charge in [0.15, 0.2) is 11.5 Å². The molecule has 2 aromatic carbocycles. The Kier molecular flexibility index (Phi) is 7.55. The van der Waals surface area contributed by atoms with Gasteiger partial charge in [-0.2, -0.15) is 0 Å². The molecule has 1 unspecified atom stereocenters. The first-order chi connectivity index (χ1) is 16.5. The van der Waals surface area contributed by atoms with Crippen LogP contribution in [-0.4, -0.2) is 62.4 Å². The number of carbonyl (C=O) groups excluding carboxylic acids is 1. The predicted octanol–water partition coefficient (Wildman–Crippen LogP) is 3.91. The molecule has 1 aliphatic rings. The van der Waals surface area contributed by atoms with Gasteiger partial charge in [0.05, 0.1) is 33.5 Å². The lowest BCUT2D eigenvalue weighted by molar-refractivity contribution is 0.0162. The van der Waals surface area contributed by atoms with E-state index in [1.165, 1.54) is 0 Å². The predicted molar refractivity (Wildman–Crippen MR) is 132 cm³/mol. The van der Waals surface area contributed by atoms with Crippen molar-refractivity contribution in [3.63, 3.8) is 0 Å². The maximum Gasteiger partial charge on any atom is 0.251 e. The Balaban J connectivity index is 1.50. The number of nitrogens with zero attached hydrogens (tertiary/aromatic N) is 2. The number of aryl methyl sites for hydroxylation is 2. The van der Waals surface area contributed by atoms with Crippen LogP contribution in [0.3, 0.4) is 0 Å². The first-order valence-electron chi connectivity index (χ1n) is 11.6. The summed E-state index contributed by atoms with van der Waals surface area (Å²) >= 11 is 0. The Labute approximate surface area is 201 Å². The van der Waals surface area contributed by atoms with Crippen molar-refractivity contribution in [2.24, 2.45) is 0 Å². The zero-order chi connectivity index (χ0) is 24.1. The molecule has 2 heterocycles. The molecular weight excluding hydrogens is 430 g/mol. The topological polar surface area (TPSA) is 65.0 Å². The second kappa shape index (κ2) is 10.8. The Morgan fingerprint density at radius 2 is 1.59 bits per heavy atom. The van der Waals surface area contributed by atoms with E-state index in [-0.39, 0.29) is 11.9 Å². The van der Waals surface area contributed by atoms with Crippen LogP contribution in [-0.2, 0) is 4.74 Å². The van der Waals surface area contributed by atoms with E-state index in [0.717, 1.165) is 35.7 Å². The molecule has 7 heteroatoms. The van der Waals surface area contributed by atoms with E-state index in [1.807, 2.05) is 42.5 Å². The van der Waals surface area contributed by atoms with Gasteiger partial charge >= 0.3 is 0 Å². The third-order valence-corrected chi connectivity index (χ3v) is 6.39. The number of hydrogen-bond acceptors (Lipinski definition) is 5. The van der Waals surface area contributed by atoms with Gasteiger partial charge in [-0.1, -0.05) is 6.07 Å². The lowest BCUT2D eigenvalue weighted by Gasteiger charge is -2.35. The Morgan fingerprint density at radius 3 is 2.21 bits per heavy atom. The number of methoxy groups -OCH3 is 2. The Morgan fingerprint density at radius 1 is 0.941 bits per heavy atom. The highest BCUT2D eigenvalue weighted by Crippen LogP contribution is 2.32. The number of nitrogens with one attached hydrogen (secondary N) is 1. The molecule has 3 aromatic rings. The van der Waals surface area contributed by atoms with E-state index in [9.17, 15) is 4.79 Å². The van der Waals surface area contributed by atoms with E-state index in [4.69, 9.17) is 14.2 Å². The fourth-order valence-electron chi connectivity index (χ4n) is 4.54. The van der Waals surface area contributed by atoms with Crippen molar-refractivity contribution in [1.82, 2.24) is 14.8 Å². The second-order valence-electron chi connectivity index (χ2n) is 8.49. The molecule has 7 nitrogen and oxygen atoms in total. The summed E-state index contributed by atoms with van der Waals surface area (Å²) in [5.74, 6) is 1.27. The van der Waals surface area contributed by atoms with E-state index in [0.29, 0.717) is 36.8 Å². The van der Waals surface area contributed by atoms with Gasteiger partial charge < -0.3 is 24.1 Å². The van der Waals surface area contributed by atoms with Crippen molar-refractivity contribution in [3.8, 4) is 17.2 Å². The van der Waals surface area contributed by atoms with Gasteiger partial charge in [0, 0.05) is 42.3 Å². The third kappa shape index (κ3) is 5.11. The summed E-state index contributed by atoms with van der Waals surface area (Å²) in [7, 11) is 3.26. The molecule has 1 N–H and O–H groups in total. The number of morpholine rings is 1. The van der Waals surface area contributed by atoms with Gasteiger partial charge in [-0.05, 0) is 67.9 Å². The summed E-state index contributed by atoms with van der Waals surface area (Å²) in [6, 6.07) is 17.8. The van der Waals surface area contributed by atoms with Gasteiger partial charge in [0.25, 0.3) is 5.91 Å². The number of amides is 1. The SMILES string of the molecule is COc1ccc(C(CNC(=O)c2ccc(-n3c(C)ccc3C)cc2)N2CCOCC2)cc1OC. The van der Waals surface area contributed by atoms with Crippen molar-refractivity contribution in [1.29, 1.82) is 0 Å². The van der Waals surface area contributed by atoms with Gasteiger partial charge in [0.2, 0.25) is 0 Å². The number of ether oxygens (including phenoxy) is 3. The molecular formula is C27H33N3O4. The molecule has 1 saturated heterocycles. The van der Waals surface area contributed by atoms with Crippen LogP contribution in [0.1, 0.15) is 33.4 Å². The molecule has 180 valence electrons. The lowest BCUT2D eigenvalue weighted by Crippen LogP contribution is -2.43. The quantitative estimate of drug-likeness (QED) is 0.549. The third-order valence-electron chi connectivity index (χ3n) is 6.39. The second-order valence-corrected chi connectivity index (χ2v) is 8.49. The number of benzene rings is 2. The van der Waals surface area contributed by atoms with Crippen molar-refractivity contribution in [2.75, 3.05) is 47.1 Å². The maximum atomic E-state index is 13.0. The minimum atomic E-state index is -0.0914. The Bertz CT molecular complexity index is 1100. The summed E-state index contributed by atoms with van der Waals surface area (Å²) < 4.78 is 18.6. The van der Waals surface area contributed by atoms with Crippen LogP contribution in [0.25, 0.3) is 5.69 Å². The monoisotopic (exact) mass is 463 g/mol. The minimum absolute atomic E-state index is 0.00268. The van der Waals surface area contributed by atoms with Crippen LogP contribution in [0.5, 0.6) is 11.5 Å². The largest absolute Gasteiger partial charge is 0.493 e. The van der Waals surface area contributed by atoms with Crippen molar-refractivity contribution in [2.45, 2.75) is 19.9 Å². The summed E-state index contributed by atoms with van der Waals surface area (Å²) in [5.41, 5.74) is 5.08. The maximum absolute atomic E-state index is 13.0. The minimum Gasteiger partial charge on any atom is -0.493 e. The van der Waals surface area contributed by atoms with Crippen LogP contribution in [0.15, 0.2) is 54.6 Å². The summed E-state index contributed by atoms with van der Waals surface area (Å²) in [6.45, 7) is 7.60. The first-order valence-corrected chi connectivity index (χ1v) is 11.6. The van der Waals surface area contributed by atoms with E-state index < -0.39 is 0 Å². The average Bonchev–Trinajstić information content (AvgIpc) is 3.22. The highest BCUT2D eigenvalue weighted by Gasteiger charge is 2.24. The highest BCUT2D eigenvalue weighted by atomic mass is 16.5. The number of carbonyl (C=O) groups is 1. The van der Waals surface area contributed by atoms with E-state index in [1.54, 1.807) is 14.2 Å². The molecule has 34 heavy (non-hydrogen) atoms. The Hall–Kier alpha value is -3.29. The molecule has 4 rings (SSSR count). The van der Waals surface area contributed by atoms with Gasteiger partial charge in [-0.25, -0.2) is 0 Å². The van der Waals surface area contributed by atoms with Crippen molar-refractivity contribution < 1.29 is 19.0 Å². The van der Waals surface area contributed by atoms with E-state index >= 15 is 0 Å². The molecule has 0 radical (unpaired) electrons. The fourth-order valence-corrected chi connectivity index (χ4v) is 4.54. The normalized spacial score (nSPS) is 15.1. The summed E-state index contributed by atoms with van der Waals surface area (Å²) in [6.07, 6.45) is 0. The van der Waals surface area contributed by atoms with Crippen molar-refractivity contribution in [3.05, 3.63) is 77.1 Å². The standard InChI is InChI=1S/C27H33N3O4/c1-19-5-6-20(2)30(19)23-10-7-21(8-11-23)27(31)28-18-24(29-13-15-34-16-14-29)22-9-12-25(32-3)26(17-22)33-4/h5-12,17,24H,13-16,18H2,1-4H3,(H,28,31). The molecule has 0 aliphatic carbocycles. The lowest BCUT2D eigenvalue weighted by atomic mass is 10.0. The number of rotatable bonds is 8. The van der Waals surface area contributed by atoms with Crippen LogP contribution < -0.4 is 14.8 Å². The van der Waals surface area contributed by atoms with Crippen LogP contribution >= 0.6 is 0 Å². The van der Waals surface area contributed by atoms with E-state index in [2.05, 4.69) is 40.8 Å². The van der Waals surface area contributed by atoms with Crippen molar-refractivity contribution >= 4 is 5.91 Å². The van der Waals surface area contributed by atoms with Gasteiger partial charge in [-0.15, -0.1) is 0 Å². The molecule has 1 atom stereocenters. The smallest absolute Gasteiger partial charge is 0.251 e. The first kappa shape index (κ1) is 23.9. The van der Waals surface area contributed by atoms with Crippen LogP contribution in [0, 0.1) is 13.8 Å². The molecule has 0 bridgehead atoms. The molecule has 0 saturated carbocycles. The van der Waals surface area contributed by atoms with Gasteiger partial charge in [-0.3, -0.25) is 9.69 Å². The molecule has 0 spiro atoms. The van der Waals surface area contributed by atoms with Crippen LogP contribution in [0.4, 0.5) is 0 Å². The number of aromatic nitrogens is 1. The average molecular weight is 464 g/mol. The molecule has 1 amide bonds. The molecule has 1 fully saturated rings. The van der Waals surface area contributed by atoms with Gasteiger partial charge in [0.1, 0.15) is 0 Å². The molecule has 1 aromatic heterocycles. The summed E-state index contributed by atoms with van der Waals surface area (Å²) in [4.78, 5) is 15.4. The van der Waals surface area contributed by atoms with Crippen LogP contribution in [0.2, 0.25) is 0 Å². The zero-order valence-corrected chi connectivity index (χ0v) is 20.3. The highest BCUT2D eigenvalue weighted by molar-refractivity contribution is 5.94. The summed E-state index contributed by atoms with van der Waals surface area (Å²) in [5, 5.41) is 3.14. The molecule has 1 aliphatic heterocycles. The fraction of sp³-hybridized carbons (Fsp3) is 0.370.